The summed E-state index contributed by atoms with van der Waals surface area (Å²) in [6, 6.07) is 0. The monoisotopic (exact) mass is 278 g/mol. The van der Waals surface area contributed by atoms with Crippen LogP contribution in [0.25, 0.3) is 11.2 Å². The van der Waals surface area contributed by atoms with E-state index in [0.717, 1.165) is 18.5 Å². The van der Waals surface area contributed by atoms with Gasteiger partial charge in [-0.1, -0.05) is 13.8 Å². The summed E-state index contributed by atoms with van der Waals surface area (Å²) in [6.45, 7) is 7.35. The largest absolute Gasteiger partial charge is 0.391 e. The summed E-state index contributed by atoms with van der Waals surface area (Å²) < 4.78 is 0. The molecule has 0 fully saturated rings. The van der Waals surface area contributed by atoms with Crippen LogP contribution in [0.15, 0.2) is 6.33 Å². The van der Waals surface area contributed by atoms with Gasteiger partial charge in [0.1, 0.15) is 5.52 Å². The van der Waals surface area contributed by atoms with Gasteiger partial charge in [0.25, 0.3) is 0 Å². The molecule has 0 amide bonds. The van der Waals surface area contributed by atoms with Gasteiger partial charge in [0.15, 0.2) is 11.5 Å². The highest BCUT2D eigenvalue weighted by Gasteiger charge is 2.12. The van der Waals surface area contributed by atoms with E-state index in [9.17, 15) is 5.11 Å². The minimum atomic E-state index is -0.398. The second kappa shape index (κ2) is 6.51. The first-order valence-corrected chi connectivity index (χ1v) is 6.97. The molecule has 4 N–H and O–H groups in total. The summed E-state index contributed by atoms with van der Waals surface area (Å²) in [5, 5.41) is 16.2. The molecule has 2 rings (SSSR count). The van der Waals surface area contributed by atoms with Crippen LogP contribution in [0.5, 0.6) is 0 Å². The lowest BCUT2D eigenvalue weighted by molar-refractivity contribution is 0.161. The number of nitrogens with one attached hydrogen (secondary N) is 3. The Morgan fingerprint density at radius 3 is 2.80 bits per heavy atom. The zero-order chi connectivity index (χ0) is 14.5. The lowest BCUT2D eigenvalue weighted by Crippen LogP contribution is -2.22. The summed E-state index contributed by atoms with van der Waals surface area (Å²) in [4.78, 5) is 15.9. The van der Waals surface area contributed by atoms with E-state index in [2.05, 4.69) is 44.4 Å². The molecule has 7 nitrogen and oxygen atoms in total. The predicted octanol–water partition coefficient (Wildman–Crippen LogP) is 1.60. The third-order valence-electron chi connectivity index (χ3n) is 2.87. The van der Waals surface area contributed by atoms with E-state index in [4.69, 9.17) is 0 Å². The quantitative estimate of drug-likeness (QED) is 0.614. The van der Waals surface area contributed by atoms with Crippen LogP contribution in [0.2, 0.25) is 0 Å². The number of hydrogen-bond acceptors (Lipinski definition) is 6. The van der Waals surface area contributed by atoms with Crippen LogP contribution in [0.3, 0.4) is 0 Å². The number of hydrogen-bond donors (Lipinski definition) is 4. The summed E-state index contributed by atoms with van der Waals surface area (Å²) in [5.74, 6) is 1.65. The average molecular weight is 278 g/mol. The number of aliphatic hydroxyl groups is 1. The molecule has 1 atom stereocenters. The van der Waals surface area contributed by atoms with E-state index in [1.54, 1.807) is 6.33 Å². The minimum absolute atomic E-state index is 0.398. The number of H-pyrrole nitrogens is 1. The maximum Gasteiger partial charge on any atom is 0.226 e. The SMILES string of the molecule is CCNc1nc(NCC(O)CC(C)C)c2[nH]cnc2n1. The van der Waals surface area contributed by atoms with Crippen molar-refractivity contribution in [3.05, 3.63) is 6.33 Å². The van der Waals surface area contributed by atoms with Crippen LogP contribution in [0, 0.1) is 5.92 Å². The van der Waals surface area contributed by atoms with Crippen LogP contribution < -0.4 is 10.6 Å². The Morgan fingerprint density at radius 1 is 1.30 bits per heavy atom. The van der Waals surface area contributed by atoms with Gasteiger partial charge in [-0.3, -0.25) is 0 Å². The number of aromatic nitrogens is 4. The summed E-state index contributed by atoms with van der Waals surface area (Å²) in [5.41, 5.74) is 1.36. The van der Waals surface area contributed by atoms with Crippen molar-refractivity contribution in [3.8, 4) is 0 Å². The zero-order valence-corrected chi connectivity index (χ0v) is 12.1. The normalized spacial score (nSPS) is 12.8. The number of anilines is 2. The second-order valence-corrected chi connectivity index (χ2v) is 5.19. The molecule has 2 aromatic rings. The van der Waals surface area contributed by atoms with Gasteiger partial charge in [-0.2, -0.15) is 9.97 Å². The molecule has 0 bridgehead atoms. The van der Waals surface area contributed by atoms with Crippen molar-refractivity contribution in [1.29, 1.82) is 0 Å². The highest BCUT2D eigenvalue weighted by Crippen LogP contribution is 2.18. The summed E-state index contributed by atoms with van der Waals surface area (Å²) in [6.07, 6.45) is 1.94. The van der Waals surface area contributed by atoms with Crippen molar-refractivity contribution in [3.63, 3.8) is 0 Å². The molecule has 20 heavy (non-hydrogen) atoms. The fourth-order valence-corrected chi connectivity index (χ4v) is 2.04. The Labute approximate surface area is 118 Å². The molecule has 0 saturated heterocycles. The molecule has 0 aromatic carbocycles. The molecule has 0 aliphatic heterocycles. The number of imidazole rings is 1. The number of aliphatic hydroxyl groups excluding tert-OH is 1. The first-order valence-electron chi connectivity index (χ1n) is 6.97. The van der Waals surface area contributed by atoms with Crippen molar-refractivity contribution in [2.75, 3.05) is 23.7 Å². The molecule has 2 aromatic heterocycles. The molecule has 2 heterocycles. The Hall–Kier alpha value is -1.89. The molecule has 1 unspecified atom stereocenters. The van der Waals surface area contributed by atoms with E-state index in [1.807, 2.05) is 6.92 Å². The molecular weight excluding hydrogens is 256 g/mol. The highest BCUT2D eigenvalue weighted by molar-refractivity contribution is 5.83. The second-order valence-electron chi connectivity index (χ2n) is 5.19. The lowest BCUT2D eigenvalue weighted by Gasteiger charge is -2.15. The number of fused-ring (bicyclic) bond motifs is 1. The standard InChI is InChI=1S/C13H22N6O/c1-4-14-13-18-11(10-12(19-13)17-7-16-10)15-6-9(20)5-8(2)3/h7-9,20H,4-6H2,1-3H3,(H3,14,15,16,17,18,19). The number of rotatable bonds is 7. The van der Waals surface area contributed by atoms with Crippen LogP contribution >= 0.6 is 0 Å². The van der Waals surface area contributed by atoms with Crippen LogP contribution in [0.1, 0.15) is 27.2 Å². The minimum Gasteiger partial charge on any atom is -0.391 e. The van der Waals surface area contributed by atoms with E-state index < -0.39 is 6.10 Å². The fourth-order valence-electron chi connectivity index (χ4n) is 2.04. The smallest absolute Gasteiger partial charge is 0.226 e. The van der Waals surface area contributed by atoms with Crippen LogP contribution in [0.4, 0.5) is 11.8 Å². The van der Waals surface area contributed by atoms with Crippen molar-refractivity contribution in [2.45, 2.75) is 33.3 Å². The van der Waals surface area contributed by atoms with Crippen molar-refractivity contribution in [2.24, 2.45) is 5.92 Å². The lowest BCUT2D eigenvalue weighted by atomic mass is 10.1. The maximum atomic E-state index is 9.93. The molecule has 110 valence electrons. The maximum absolute atomic E-state index is 9.93. The van der Waals surface area contributed by atoms with E-state index in [-0.39, 0.29) is 0 Å². The van der Waals surface area contributed by atoms with E-state index in [0.29, 0.717) is 29.9 Å². The third-order valence-corrected chi connectivity index (χ3v) is 2.87. The Morgan fingerprint density at radius 2 is 2.10 bits per heavy atom. The number of nitrogens with zero attached hydrogens (tertiary/aromatic N) is 3. The Bertz CT molecular complexity index is 553. The van der Waals surface area contributed by atoms with Gasteiger partial charge in [-0.25, -0.2) is 4.98 Å². The Kier molecular flexibility index (Phi) is 4.73. The molecule has 0 aliphatic rings. The van der Waals surface area contributed by atoms with E-state index >= 15 is 0 Å². The third kappa shape index (κ3) is 3.57. The van der Waals surface area contributed by atoms with Crippen molar-refractivity contribution >= 4 is 22.9 Å². The highest BCUT2D eigenvalue weighted by atomic mass is 16.3. The average Bonchev–Trinajstić information content (AvgIpc) is 2.83. The molecular formula is C13H22N6O. The number of aromatic amines is 1. The van der Waals surface area contributed by atoms with Crippen molar-refractivity contribution < 1.29 is 5.11 Å². The molecule has 0 spiro atoms. The molecule has 0 saturated carbocycles. The van der Waals surface area contributed by atoms with Gasteiger partial charge in [-0.15, -0.1) is 0 Å². The van der Waals surface area contributed by atoms with Gasteiger partial charge in [0.2, 0.25) is 5.95 Å². The van der Waals surface area contributed by atoms with Crippen molar-refractivity contribution in [1.82, 2.24) is 19.9 Å². The Balaban J connectivity index is 2.13. The van der Waals surface area contributed by atoms with Gasteiger partial charge >= 0.3 is 0 Å². The van der Waals surface area contributed by atoms with E-state index in [1.165, 1.54) is 0 Å². The van der Waals surface area contributed by atoms with Crippen LogP contribution in [-0.2, 0) is 0 Å². The molecule has 7 heteroatoms. The summed E-state index contributed by atoms with van der Waals surface area (Å²) >= 11 is 0. The fraction of sp³-hybridized carbons (Fsp3) is 0.615. The first-order chi connectivity index (χ1) is 9.60. The molecule has 0 aliphatic carbocycles. The van der Waals surface area contributed by atoms with Gasteiger partial charge in [0.05, 0.1) is 12.4 Å². The summed E-state index contributed by atoms with van der Waals surface area (Å²) in [7, 11) is 0. The van der Waals surface area contributed by atoms with Gasteiger partial charge < -0.3 is 20.7 Å². The first kappa shape index (κ1) is 14.5. The van der Waals surface area contributed by atoms with Gasteiger partial charge in [-0.05, 0) is 19.3 Å². The van der Waals surface area contributed by atoms with Crippen LogP contribution in [-0.4, -0.2) is 44.2 Å². The topological polar surface area (TPSA) is 98.8 Å². The van der Waals surface area contributed by atoms with Gasteiger partial charge in [0, 0.05) is 13.1 Å². The predicted molar refractivity (Wildman–Crippen MR) is 79.8 cm³/mol. The molecule has 0 radical (unpaired) electrons. The zero-order valence-electron chi connectivity index (χ0n) is 12.1.